The summed E-state index contributed by atoms with van der Waals surface area (Å²) < 4.78 is 34.0. The van der Waals surface area contributed by atoms with Crippen molar-refractivity contribution in [1.29, 1.82) is 0 Å². The lowest BCUT2D eigenvalue weighted by Crippen LogP contribution is -2.67. The Hall–Kier alpha value is -1.96. The van der Waals surface area contributed by atoms with Gasteiger partial charge in [-0.2, -0.15) is 0 Å². The number of ether oxygens (including phenoxy) is 6. The van der Waals surface area contributed by atoms with Crippen molar-refractivity contribution in [1.82, 2.24) is 0 Å². The van der Waals surface area contributed by atoms with E-state index in [9.17, 15) is 70.9 Å². The number of hydrogen-bond donors (Lipinski definition) is 12. The monoisotopic (exact) mass is 972 g/mol. The number of carbonyl (C=O) groups excluding carboxylic acids is 2. The SMILES string of the molecule is CC1(C)CC[C@]2(C(=O)O[C@@H]3O[C@H](CO)[C@@H](O)[C@H](O)[C@H]3O)CC[C@]3(C)C(=CC[C@@H]4[C@@]5(C)CC[C@H](OC(=O)[C@H]6O[C@@H](O)[C@H](O[C@@H]7O[C@H](CO)[C@H](O)[C@H](O)[C@H]7O)[C@@H](O)[C@@H]6O)C(C)(C)[C@H]5CC[C@]43C)[C@H]2[C@@H]1O. The summed E-state index contributed by atoms with van der Waals surface area (Å²) in [6, 6.07) is 0. The largest absolute Gasteiger partial charge is 0.460 e. The Balaban J connectivity index is 0.991. The van der Waals surface area contributed by atoms with E-state index >= 15 is 0 Å². The first-order chi connectivity index (χ1) is 31.7. The molecule has 7 fully saturated rings. The number of fused-ring (bicyclic) bond motifs is 7. The highest BCUT2D eigenvalue weighted by molar-refractivity contribution is 5.79. The fraction of sp³-hybridized carbons (Fsp3) is 0.917. The zero-order valence-electron chi connectivity index (χ0n) is 40.0. The third-order valence-electron chi connectivity index (χ3n) is 19.5. The van der Waals surface area contributed by atoms with Gasteiger partial charge in [0.05, 0.1) is 24.7 Å². The number of allylic oxidation sites excluding steroid dienone is 1. The topological polar surface area (TPSA) is 332 Å². The van der Waals surface area contributed by atoms with Crippen molar-refractivity contribution in [3.05, 3.63) is 11.6 Å². The van der Waals surface area contributed by atoms with Crippen LogP contribution in [0.15, 0.2) is 11.6 Å². The summed E-state index contributed by atoms with van der Waals surface area (Å²) in [5.74, 6) is -2.14. The molecule has 3 aliphatic heterocycles. The second-order valence-corrected chi connectivity index (χ2v) is 23.5. The fourth-order valence-corrected chi connectivity index (χ4v) is 14.9. The third kappa shape index (κ3) is 7.85. The number of aliphatic hydroxyl groups excluding tert-OH is 12. The van der Waals surface area contributed by atoms with E-state index in [-0.39, 0.29) is 22.7 Å². The average Bonchev–Trinajstić information content (AvgIpc) is 3.28. The molecule has 0 radical (unpaired) electrons. The molecular formula is C48H76O20. The van der Waals surface area contributed by atoms with E-state index in [0.717, 1.165) is 18.4 Å². The Kier molecular flexibility index (Phi) is 14.0. The van der Waals surface area contributed by atoms with E-state index in [1.807, 2.05) is 13.8 Å². The Morgan fingerprint density at radius 3 is 1.84 bits per heavy atom. The first kappa shape index (κ1) is 52.4. The molecular weight excluding hydrogens is 897 g/mol. The van der Waals surface area contributed by atoms with E-state index in [1.165, 1.54) is 0 Å². The maximum atomic E-state index is 14.7. The summed E-state index contributed by atoms with van der Waals surface area (Å²) >= 11 is 0. The molecule has 12 N–H and O–H groups in total. The van der Waals surface area contributed by atoms with Crippen LogP contribution in [0.1, 0.15) is 106 Å². The van der Waals surface area contributed by atoms with Crippen molar-refractivity contribution in [2.45, 2.75) is 211 Å². The van der Waals surface area contributed by atoms with Crippen LogP contribution in [0.2, 0.25) is 0 Å². The summed E-state index contributed by atoms with van der Waals surface area (Å²) in [5, 5.41) is 127. The normalized spacial score (nSPS) is 53.1. The minimum absolute atomic E-state index is 0.0401. The number of aliphatic hydroxyl groups is 12. The molecule has 20 heteroatoms. The van der Waals surface area contributed by atoms with Gasteiger partial charge in [0.1, 0.15) is 73.2 Å². The van der Waals surface area contributed by atoms with Crippen molar-refractivity contribution in [3.8, 4) is 0 Å². The van der Waals surface area contributed by atoms with Crippen LogP contribution in [0.25, 0.3) is 0 Å². The van der Waals surface area contributed by atoms with Crippen LogP contribution in [0, 0.1) is 50.2 Å². The molecule has 3 saturated heterocycles. The van der Waals surface area contributed by atoms with Gasteiger partial charge in [-0.25, -0.2) is 4.79 Å². The summed E-state index contributed by atoms with van der Waals surface area (Å²) in [5.41, 5.74) is -2.40. The summed E-state index contributed by atoms with van der Waals surface area (Å²) in [4.78, 5) is 28.6. The van der Waals surface area contributed by atoms with E-state index in [4.69, 9.17) is 28.4 Å². The molecule has 0 unspecified atom stereocenters. The zero-order chi connectivity index (χ0) is 50.0. The second kappa shape index (κ2) is 18.2. The molecule has 68 heavy (non-hydrogen) atoms. The van der Waals surface area contributed by atoms with E-state index in [1.54, 1.807) is 0 Å². The van der Waals surface area contributed by atoms with Gasteiger partial charge in [-0.05, 0) is 91.3 Å². The lowest BCUT2D eigenvalue weighted by Gasteiger charge is -2.71. The number of hydrogen-bond acceptors (Lipinski definition) is 20. The Bertz CT molecular complexity index is 1910. The van der Waals surface area contributed by atoms with Gasteiger partial charge in [0, 0.05) is 11.3 Å². The predicted octanol–water partition coefficient (Wildman–Crippen LogP) is -1.36. The summed E-state index contributed by atoms with van der Waals surface area (Å²) in [6.07, 6.45) is -20.3. The average molecular weight is 973 g/mol. The quantitative estimate of drug-likeness (QED) is 0.0987. The minimum atomic E-state index is -2.04. The van der Waals surface area contributed by atoms with E-state index < -0.39 is 157 Å². The molecule has 8 rings (SSSR count). The molecule has 0 aromatic heterocycles. The molecule has 0 bridgehead atoms. The highest BCUT2D eigenvalue weighted by Crippen LogP contribution is 2.76. The Morgan fingerprint density at radius 1 is 0.632 bits per heavy atom. The van der Waals surface area contributed by atoms with Crippen molar-refractivity contribution < 1.29 is 99.3 Å². The standard InChI is InChI=1S/C48H76O20/c1-43(2)14-16-48(42(62)68-41-34(58)30(54)28(52)22(19-50)64-41)17-15-46(6)20(26(48)37(43)59)8-9-24-45(5)12-11-25(44(3,4)23(45)10-13-47(24,46)7)65-38(60)35-31(55)32(56)36(39(61)66-35)67-40-33(57)29(53)27(51)21(18-49)63-40/h8,21-37,39-41,49-59,61H,9-19H2,1-7H3/t21-,22-,23-,24-,25+,26+,27+,28-,29+,30+,31+,32+,33-,34-,35+,36-,37+,39-,40+,41+,45+,46-,47-,48+/m1/s1. The first-order valence-corrected chi connectivity index (χ1v) is 24.4. The Morgan fingerprint density at radius 2 is 1.22 bits per heavy atom. The Labute approximate surface area is 396 Å². The summed E-state index contributed by atoms with van der Waals surface area (Å²) in [6.45, 7) is 13.6. The van der Waals surface area contributed by atoms with Crippen molar-refractivity contribution in [3.63, 3.8) is 0 Å². The molecule has 24 atom stereocenters. The van der Waals surface area contributed by atoms with Gasteiger partial charge >= 0.3 is 11.9 Å². The van der Waals surface area contributed by atoms with E-state index in [2.05, 4.69) is 40.7 Å². The van der Waals surface area contributed by atoms with Gasteiger partial charge in [-0.15, -0.1) is 0 Å². The van der Waals surface area contributed by atoms with Gasteiger partial charge in [-0.3, -0.25) is 4.79 Å². The maximum Gasteiger partial charge on any atom is 0.338 e. The smallest absolute Gasteiger partial charge is 0.338 e. The van der Waals surface area contributed by atoms with Crippen LogP contribution in [-0.4, -0.2) is 191 Å². The molecule has 20 nitrogen and oxygen atoms in total. The van der Waals surface area contributed by atoms with E-state index in [0.29, 0.717) is 44.9 Å². The highest BCUT2D eigenvalue weighted by Gasteiger charge is 2.71. The molecule has 388 valence electrons. The second-order valence-electron chi connectivity index (χ2n) is 23.5. The molecule has 0 spiro atoms. The number of esters is 2. The van der Waals surface area contributed by atoms with Crippen LogP contribution >= 0.6 is 0 Å². The van der Waals surface area contributed by atoms with Crippen LogP contribution in [0.5, 0.6) is 0 Å². The lowest BCUT2D eigenvalue weighted by molar-refractivity contribution is -0.359. The van der Waals surface area contributed by atoms with Gasteiger partial charge in [0.15, 0.2) is 18.7 Å². The van der Waals surface area contributed by atoms with Gasteiger partial charge < -0.3 is 89.7 Å². The molecule has 0 aromatic carbocycles. The van der Waals surface area contributed by atoms with Gasteiger partial charge in [0.25, 0.3) is 0 Å². The van der Waals surface area contributed by atoms with Crippen LogP contribution < -0.4 is 0 Å². The first-order valence-electron chi connectivity index (χ1n) is 24.4. The third-order valence-corrected chi connectivity index (χ3v) is 19.5. The fourth-order valence-electron chi connectivity index (χ4n) is 14.9. The van der Waals surface area contributed by atoms with Gasteiger partial charge in [0.2, 0.25) is 6.29 Å². The van der Waals surface area contributed by atoms with Crippen molar-refractivity contribution >= 4 is 11.9 Å². The van der Waals surface area contributed by atoms with Crippen molar-refractivity contribution in [2.75, 3.05) is 13.2 Å². The number of rotatable bonds is 8. The van der Waals surface area contributed by atoms with Crippen LogP contribution in [0.4, 0.5) is 0 Å². The molecule has 5 aliphatic carbocycles. The van der Waals surface area contributed by atoms with Crippen molar-refractivity contribution in [2.24, 2.45) is 50.2 Å². The molecule has 0 aromatic rings. The highest BCUT2D eigenvalue weighted by atomic mass is 16.7. The van der Waals surface area contributed by atoms with Gasteiger partial charge in [-0.1, -0.05) is 60.1 Å². The minimum Gasteiger partial charge on any atom is -0.460 e. The maximum absolute atomic E-state index is 14.7. The molecule has 8 aliphatic rings. The lowest BCUT2D eigenvalue weighted by atomic mass is 9.33. The summed E-state index contributed by atoms with van der Waals surface area (Å²) in [7, 11) is 0. The predicted molar refractivity (Wildman–Crippen MR) is 232 cm³/mol. The molecule has 4 saturated carbocycles. The number of carbonyl (C=O) groups is 2. The zero-order valence-corrected chi connectivity index (χ0v) is 40.0. The van der Waals surface area contributed by atoms with Crippen LogP contribution in [0.3, 0.4) is 0 Å². The van der Waals surface area contributed by atoms with Crippen LogP contribution in [-0.2, 0) is 38.0 Å². The molecule has 3 heterocycles. The molecule has 0 amide bonds.